The Morgan fingerprint density at radius 1 is 1.16 bits per heavy atom. The van der Waals surface area contributed by atoms with Gasteiger partial charge in [0.2, 0.25) is 0 Å². The summed E-state index contributed by atoms with van der Waals surface area (Å²) in [5, 5.41) is 0.589. The number of rotatable bonds is 2. The molecule has 0 radical (unpaired) electrons. The summed E-state index contributed by atoms with van der Waals surface area (Å²) in [5.41, 5.74) is 6.51. The Morgan fingerprint density at radius 3 is 2.28 bits per heavy atom. The molecule has 5 nitrogen and oxygen atoms in total. The van der Waals surface area contributed by atoms with E-state index in [1.807, 2.05) is 36.9 Å². The zero-order valence-corrected chi connectivity index (χ0v) is 15.6. The standard InChI is InChI=1S/C18H20Cl2N4O/c1-11-9-23(16-5-3-4-6-22-16)10-12(2)24(11)18(25)13-7-14(19)17(21)15(20)8-13/h3-8,11-12H,9-10,21H2,1-2H3/t11-,12+. The Kier molecular flexibility index (Phi) is 5.06. The molecule has 1 aliphatic heterocycles. The Hall–Kier alpha value is -1.98. The van der Waals surface area contributed by atoms with Gasteiger partial charge in [0, 0.05) is 36.9 Å². The van der Waals surface area contributed by atoms with Crippen LogP contribution in [0.5, 0.6) is 0 Å². The van der Waals surface area contributed by atoms with Crippen LogP contribution in [-0.4, -0.2) is 41.0 Å². The quantitative estimate of drug-likeness (QED) is 0.808. The number of halogens is 2. The molecule has 1 amide bonds. The average Bonchev–Trinajstić information content (AvgIpc) is 2.59. The van der Waals surface area contributed by atoms with Gasteiger partial charge in [0.15, 0.2) is 0 Å². The Labute approximate surface area is 157 Å². The monoisotopic (exact) mass is 378 g/mol. The SMILES string of the molecule is C[C@@H]1CN(c2ccccn2)C[C@H](C)N1C(=O)c1cc(Cl)c(N)c(Cl)c1. The molecule has 1 aromatic carbocycles. The van der Waals surface area contributed by atoms with E-state index < -0.39 is 0 Å². The fraction of sp³-hybridized carbons (Fsp3) is 0.333. The van der Waals surface area contributed by atoms with Crippen molar-refractivity contribution in [2.24, 2.45) is 0 Å². The lowest BCUT2D eigenvalue weighted by Crippen LogP contribution is -2.59. The molecule has 0 saturated carbocycles. The lowest BCUT2D eigenvalue weighted by Gasteiger charge is -2.45. The molecule has 25 heavy (non-hydrogen) atoms. The number of hydrogen-bond donors (Lipinski definition) is 1. The van der Waals surface area contributed by atoms with Crippen molar-refractivity contribution in [2.45, 2.75) is 25.9 Å². The number of nitrogen functional groups attached to an aromatic ring is 1. The van der Waals surface area contributed by atoms with Gasteiger partial charge in [0.25, 0.3) is 5.91 Å². The van der Waals surface area contributed by atoms with Crippen LogP contribution in [0.15, 0.2) is 36.5 Å². The maximum Gasteiger partial charge on any atom is 0.254 e. The number of aromatic nitrogens is 1. The highest BCUT2D eigenvalue weighted by molar-refractivity contribution is 6.39. The van der Waals surface area contributed by atoms with Gasteiger partial charge in [-0.25, -0.2) is 4.98 Å². The summed E-state index contributed by atoms with van der Waals surface area (Å²) in [4.78, 5) is 21.5. The maximum absolute atomic E-state index is 13.0. The molecule has 0 unspecified atom stereocenters. The van der Waals surface area contributed by atoms with Crippen molar-refractivity contribution in [3.63, 3.8) is 0 Å². The van der Waals surface area contributed by atoms with Gasteiger partial charge in [0.1, 0.15) is 5.82 Å². The van der Waals surface area contributed by atoms with E-state index in [2.05, 4.69) is 9.88 Å². The van der Waals surface area contributed by atoms with E-state index in [0.717, 1.165) is 5.82 Å². The first-order chi connectivity index (χ1) is 11.9. The highest BCUT2D eigenvalue weighted by atomic mass is 35.5. The summed E-state index contributed by atoms with van der Waals surface area (Å²) in [6.45, 7) is 5.49. The van der Waals surface area contributed by atoms with Crippen molar-refractivity contribution in [3.8, 4) is 0 Å². The van der Waals surface area contributed by atoms with Gasteiger partial charge >= 0.3 is 0 Å². The number of amides is 1. The van der Waals surface area contributed by atoms with E-state index in [1.54, 1.807) is 18.3 Å². The third kappa shape index (κ3) is 3.53. The van der Waals surface area contributed by atoms with Crippen LogP contribution in [0.1, 0.15) is 24.2 Å². The summed E-state index contributed by atoms with van der Waals surface area (Å²) < 4.78 is 0. The zero-order chi connectivity index (χ0) is 18.1. The van der Waals surface area contributed by atoms with Gasteiger partial charge in [-0.05, 0) is 38.1 Å². The molecule has 1 saturated heterocycles. The van der Waals surface area contributed by atoms with E-state index >= 15 is 0 Å². The highest BCUT2D eigenvalue weighted by Gasteiger charge is 2.34. The van der Waals surface area contributed by atoms with E-state index in [4.69, 9.17) is 28.9 Å². The number of nitrogens with zero attached hydrogens (tertiary/aromatic N) is 3. The van der Waals surface area contributed by atoms with Crippen LogP contribution in [0.25, 0.3) is 0 Å². The number of pyridine rings is 1. The van der Waals surface area contributed by atoms with Crippen LogP contribution in [0.3, 0.4) is 0 Å². The minimum Gasteiger partial charge on any atom is -0.396 e. The minimum atomic E-state index is -0.0931. The van der Waals surface area contributed by atoms with Crippen LogP contribution in [-0.2, 0) is 0 Å². The Balaban J connectivity index is 1.83. The molecular formula is C18H20Cl2N4O. The van der Waals surface area contributed by atoms with Gasteiger partial charge in [-0.15, -0.1) is 0 Å². The van der Waals surface area contributed by atoms with Crippen LogP contribution < -0.4 is 10.6 Å². The number of benzene rings is 1. The predicted molar refractivity (Wildman–Crippen MR) is 102 cm³/mol. The number of anilines is 2. The first-order valence-corrected chi connectivity index (χ1v) is 8.87. The summed E-state index contributed by atoms with van der Waals surface area (Å²) in [6, 6.07) is 9.04. The fourth-order valence-corrected chi connectivity index (χ4v) is 3.79. The molecule has 3 rings (SSSR count). The van der Waals surface area contributed by atoms with Gasteiger partial charge < -0.3 is 15.5 Å². The van der Waals surface area contributed by atoms with Gasteiger partial charge in [-0.1, -0.05) is 29.3 Å². The summed E-state index contributed by atoms with van der Waals surface area (Å²) >= 11 is 12.2. The molecule has 1 aromatic heterocycles. The molecule has 0 spiro atoms. The van der Waals surface area contributed by atoms with Crippen molar-refractivity contribution in [3.05, 3.63) is 52.1 Å². The molecule has 2 N–H and O–H groups in total. The molecule has 2 heterocycles. The molecular weight excluding hydrogens is 359 g/mol. The highest BCUT2D eigenvalue weighted by Crippen LogP contribution is 2.30. The van der Waals surface area contributed by atoms with Crippen LogP contribution in [0.4, 0.5) is 11.5 Å². The molecule has 1 aliphatic rings. The number of hydrogen-bond acceptors (Lipinski definition) is 4. The normalized spacial score (nSPS) is 20.6. The third-order valence-corrected chi connectivity index (χ3v) is 5.08. The zero-order valence-electron chi connectivity index (χ0n) is 14.1. The Morgan fingerprint density at radius 2 is 1.76 bits per heavy atom. The summed E-state index contributed by atoms with van der Waals surface area (Å²) in [6.07, 6.45) is 1.78. The number of nitrogens with two attached hydrogens (primary N) is 1. The largest absolute Gasteiger partial charge is 0.396 e. The van der Waals surface area contributed by atoms with Crippen molar-refractivity contribution in [2.75, 3.05) is 23.7 Å². The van der Waals surface area contributed by atoms with Crippen LogP contribution in [0, 0.1) is 0 Å². The lowest BCUT2D eigenvalue weighted by atomic mass is 10.0. The first kappa shape index (κ1) is 17.8. The molecule has 1 fully saturated rings. The molecule has 7 heteroatoms. The van der Waals surface area contributed by atoms with Gasteiger partial charge in [-0.2, -0.15) is 0 Å². The topological polar surface area (TPSA) is 62.5 Å². The number of carbonyl (C=O) groups excluding carboxylic acids is 1. The number of piperazine rings is 1. The van der Waals surface area contributed by atoms with E-state index in [-0.39, 0.29) is 18.0 Å². The average molecular weight is 379 g/mol. The second kappa shape index (κ2) is 7.10. The van der Waals surface area contributed by atoms with Gasteiger partial charge in [-0.3, -0.25) is 4.79 Å². The fourth-order valence-electron chi connectivity index (χ4n) is 3.31. The molecule has 0 aliphatic carbocycles. The van der Waals surface area contributed by atoms with Crippen molar-refractivity contribution >= 4 is 40.6 Å². The third-order valence-electron chi connectivity index (χ3n) is 4.45. The Bertz CT molecular complexity index is 749. The molecule has 2 aromatic rings. The first-order valence-electron chi connectivity index (χ1n) is 8.11. The van der Waals surface area contributed by atoms with Crippen molar-refractivity contribution in [1.82, 2.24) is 9.88 Å². The molecule has 2 atom stereocenters. The minimum absolute atomic E-state index is 0.0216. The maximum atomic E-state index is 13.0. The van der Waals surface area contributed by atoms with Gasteiger partial charge in [0.05, 0.1) is 15.7 Å². The smallest absolute Gasteiger partial charge is 0.254 e. The van der Waals surface area contributed by atoms with Crippen molar-refractivity contribution < 1.29 is 4.79 Å². The second-order valence-corrected chi connectivity index (χ2v) is 7.17. The summed E-state index contributed by atoms with van der Waals surface area (Å²) in [5.74, 6) is 0.830. The van der Waals surface area contributed by atoms with Crippen molar-refractivity contribution in [1.29, 1.82) is 0 Å². The second-order valence-electron chi connectivity index (χ2n) is 6.36. The molecule has 0 bridgehead atoms. The summed E-state index contributed by atoms with van der Waals surface area (Å²) in [7, 11) is 0. The predicted octanol–water partition coefficient (Wildman–Crippen LogP) is 3.71. The van der Waals surface area contributed by atoms with Crippen LogP contribution >= 0.6 is 23.2 Å². The number of carbonyl (C=O) groups is 1. The lowest BCUT2D eigenvalue weighted by molar-refractivity contribution is 0.0574. The van der Waals surface area contributed by atoms with E-state index in [1.165, 1.54) is 0 Å². The van der Waals surface area contributed by atoms with E-state index in [0.29, 0.717) is 34.4 Å². The van der Waals surface area contributed by atoms with Crippen LogP contribution in [0.2, 0.25) is 10.0 Å². The molecule has 132 valence electrons. The van der Waals surface area contributed by atoms with E-state index in [9.17, 15) is 4.79 Å².